The van der Waals surface area contributed by atoms with Gasteiger partial charge in [-0.15, -0.1) is 0 Å². The van der Waals surface area contributed by atoms with Crippen molar-refractivity contribution in [1.29, 1.82) is 0 Å². The maximum absolute atomic E-state index is 12.0. The highest BCUT2D eigenvalue weighted by molar-refractivity contribution is 5.84. The van der Waals surface area contributed by atoms with Gasteiger partial charge in [-0.3, -0.25) is 14.4 Å². The molecule has 0 rings (SSSR count). The molecular formula is C16H33N5O3. The molecule has 0 aromatic rings. The molecule has 0 saturated heterocycles. The Kier molecular flexibility index (Phi) is 12.8. The molecule has 0 aliphatic carbocycles. The number of hydrogen-bond acceptors (Lipinski definition) is 5. The highest BCUT2D eigenvalue weighted by atomic mass is 16.2. The maximum atomic E-state index is 12.0. The molecular weight excluding hydrogens is 310 g/mol. The second-order valence-electron chi connectivity index (χ2n) is 6.23. The zero-order valence-corrected chi connectivity index (χ0v) is 15.3. The van der Waals surface area contributed by atoms with Gasteiger partial charge in [0.2, 0.25) is 18.2 Å². The van der Waals surface area contributed by atoms with Gasteiger partial charge in [-0.1, -0.05) is 27.7 Å². The van der Waals surface area contributed by atoms with Crippen molar-refractivity contribution in [3.63, 3.8) is 0 Å². The monoisotopic (exact) mass is 343 g/mol. The van der Waals surface area contributed by atoms with Crippen LogP contribution in [-0.2, 0) is 14.4 Å². The van der Waals surface area contributed by atoms with Gasteiger partial charge < -0.3 is 26.6 Å². The van der Waals surface area contributed by atoms with Gasteiger partial charge in [-0.25, -0.2) is 0 Å². The van der Waals surface area contributed by atoms with Crippen LogP contribution < -0.4 is 26.6 Å². The van der Waals surface area contributed by atoms with Crippen LogP contribution in [0.3, 0.4) is 0 Å². The molecule has 8 heteroatoms. The summed E-state index contributed by atoms with van der Waals surface area (Å²) in [6.45, 7) is 10.5. The van der Waals surface area contributed by atoms with E-state index in [4.69, 9.17) is 0 Å². The first-order valence-electron chi connectivity index (χ1n) is 8.57. The van der Waals surface area contributed by atoms with E-state index in [-0.39, 0.29) is 24.7 Å². The Morgan fingerprint density at radius 2 is 1.42 bits per heavy atom. The Balaban J connectivity index is 4.02. The Morgan fingerprint density at radius 3 is 1.92 bits per heavy atom. The van der Waals surface area contributed by atoms with Gasteiger partial charge in [0.25, 0.3) is 0 Å². The van der Waals surface area contributed by atoms with Crippen LogP contribution in [0.25, 0.3) is 0 Å². The molecule has 0 aliphatic rings. The van der Waals surface area contributed by atoms with E-state index in [2.05, 4.69) is 26.6 Å². The third-order valence-electron chi connectivity index (χ3n) is 3.22. The summed E-state index contributed by atoms with van der Waals surface area (Å²) in [5.41, 5.74) is 0. The lowest BCUT2D eigenvalue weighted by Gasteiger charge is -2.16. The van der Waals surface area contributed by atoms with Crippen LogP contribution in [0.4, 0.5) is 0 Å². The van der Waals surface area contributed by atoms with E-state index in [9.17, 15) is 14.4 Å². The van der Waals surface area contributed by atoms with Crippen molar-refractivity contribution in [3.05, 3.63) is 0 Å². The van der Waals surface area contributed by atoms with E-state index in [0.29, 0.717) is 44.7 Å². The van der Waals surface area contributed by atoms with E-state index < -0.39 is 6.04 Å². The van der Waals surface area contributed by atoms with Crippen molar-refractivity contribution in [2.24, 2.45) is 0 Å². The zero-order valence-electron chi connectivity index (χ0n) is 15.3. The van der Waals surface area contributed by atoms with Gasteiger partial charge in [0.15, 0.2) is 0 Å². The minimum atomic E-state index is -0.693. The second kappa shape index (κ2) is 13.7. The van der Waals surface area contributed by atoms with Crippen LogP contribution in [0.15, 0.2) is 0 Å². The van der Waals surface area contributed by atoms with Crippen LogP contribution >= 0.6 is 0 Å². The van der Waals surface area contributed by atoms with Crippen molar-refractivity contribution in [1.82, 2.24) is 26.6 Å². The van der Waals surface area contributed by atoms with E-state index in [1.165, 1.54) is 0 Å². The molecule has 3 amide bonds. The first-order valence-corrected chi connectivity index (χ1v) is 8.57. The van der Waals surface area contributed by atoms with Gasteiger partial charge in [-0.05, 0) is 6.42 Å². The Labute approximate surface area is 144 Å². The van der Waals surface area contributed by atoms with E-state index >= 15 is 0 Å². The molecule has 0 saturated carbocycles. The quantitative estimate of drug-likeness (QED) is 0.208. The van der Waals surface area contributed by atoms with Crippen LogP contribution in [0.1, 0.15) is 40.5 Å². The number of rotatable bonds is 14. The first-order chi connectivity index (χ1) is 11.4. The topological polar surface area (TPSA) is 111 Å². The fraction of sp³-hybridized carbons (Fsp3) is 0.812. The average Bonchev–Trinajstić information content (AvgIpc) is 2.51. The standard InChI is InChI=1S/C16H33N5O3/c1-12(2)17-7-9-19-15(23)6-5-14(21-11-22)16(24)20-10-8-18-13(3)4/h11-14,17-18H,5-10H2,1-4H3,(H,19,23)(H,20,24)(H,21,22). The normalized spacial score (nSPS) is 12.1. The highest BCUT2D eigenvalue weighted by Gasteiger charge is 2.18. The largest absolute Gasteiger partial charge is 0.355 e. The lowest BCUT2D eigenvalue weighted by atomic mass is 10.1. The second-order valence-corrected chi connectivity index (χ2v) is 6.23. The van der Waals surface area contributed by atoms with Crippen molar-refractivity contribution >= 4 is 18.2 Å². The molecule has 140 valence electrons. The molecule has 0 spiro atoms. The Hall–Kier alpha value is -1.67. The third kappa shape index (κ3) is 12.8. The van der Waals surface area contributed by atoms with E-state index in [1.807, 2.05) is 27.7 Å². The van der Waals surface area contributed by atoms with Gasteiger partial charge in [0.1, 0.15) is 6.04 Å². The molecule has 1 unspecified atom stereocenters. The molecule has 0 bridgehead atoms. The number of nitrogens with one attached hydrogen (secondary N) is 5. The molecule has 0 aromatic carbocycles. The highest BCUT2D eigenvalue weighted by Crippen LogP contribution is 1.97. The number of carbonyl (C=O) groups excluding carboxylic acids is 3. The lowest BCUT2D eigenvalue weighted by Crippen LogP contribution is -2.46. The smallest absolute Gasteiger partial charge is 0.242 e. The summed E-state index contributed by atoms with van der Waals surface area (Å²) in [6, 6.07) is 0.0257. The zero-order chi connectivity index (χ0) is 18.4. The predicted octanol–water partition coefficient (Wildman–Crippen LogP) is -0.890. The van der Waals surface area contributed by atoms with Crippen LogP contribution in [-0.4, -0.2) is 62.5 Å². The minimum absolute atomic E-state index is 0.132. The van der Waals surface area contributed by atoms with Crippen LogP contribution in [0.2, 0.25) is 0 Å². The summed E-state index contributed by atoms with van der Waals surface area (Å²) in [5, 5.41) is 14.4. The minimum Gasteiger partial charge on any atom is -0.355 e. The van der Waals surface area contributed by atoms with Crippen LogP contribution in [0.5, 0.6) is 0 Å². The SMILES string of the molecule is CC(C)NCCNC(=O)CCC(NC=O)C(=O)NCCNC(C)C. The molecule has 0 aliphatic heterocycles. The van der Waals surface area contributed by atoms with E-state index in [0.717, 1.165) is 0 Å². The van der Waals surface area contributed by atoms with E-state index in [1.54, 1.807) is 0 Å². The molecule has 8 nitrogen and oxygen atoms in total. The predicted molar refractivity (Wildman–Crippen MR) is 94.5 cm³/mol. The lowest BCUT2D eigenvalue weighted by molar-refractivity contribution is -0.126. The van der Waals surface area contributed by atoms with Crippen LogP contribution in [0, 0.1) is 0 Å². The number of hydrogen-bond donors (Lipinski definition) is 5. The third-order valence-corrected chi connectivity index (χ3v) is 3.22. The molecule has 0 radical (unpaired) electrons. The Morgan fingerprint density at radius 1 is 0.875 bits per heavy atom. The Bertz CT molecular complexity index is 375. The molecule has 5 N–H and O–H groups in total. The van der Waals surface area contributed by atoms with Crippen molar-refractivity contribution < 1.29 is 14.4 Å². The number of amides is 3. The van der Waals surface area contributed by atoms with Gasteiger partial charge in [-0.2, -0.15) is 0 Å². The summed E-state index contributed by atoms with van der Waals surface area (Å²) in [5.74, 6) is -0.408. The maximum Gasteiger partial charge on any atom is 0.242 e. The summed E-state index contributed by atoms with van der Waals surface area (Å²) in [6.07, 6.45) is 0.942. The van der Waals surface area contributed by atoms with Crippen molar-refractivity contribution in [2.45, 2.75) is 58.7 Å². The molecule has 0 heterocycles. The summed E-state index contributed by atoms with van der Waals surface area (Å²) < 4.78 is 0. The molecule has 0 aromatic heterocycles. The molecule has 24 heavy (non-hydrogen) atoms. The fourth-order valence-corrected chi connectivity index (χ4v) is 1.97. The first kappa shape index (κ1) is 22.3. The van der Waals surface area contributed by atoms with Gasteiger partial charge in [0.05, 0.1) is 0 Å². The summed E-state index contributed by atoms with van der Waals surface area (Å²) >= 11 is 0. The molecule has 1 atom stereocenters. The summed E-state index contributed by atoms with van der Waals surface area (Å²) in [7, 11) is 0. The van der Waals surface area contributed by atoms with Gasteiger partial charge >= 0.3 is 0 Å². The van der Waals surface area contributed by atoms with Gasteiger partial charge in [0, 0.05) is 44.7 Å². The molecule has 0 fully saturated rings. The average molecular weight is 343 g/mol. The fourth-order valence-electron chi connectivity index (χ4n) is 1.97. The summed E-state index contributed by atoms with van der Waals surface area (Å²) in [4.78, 5) is 34.4. The number of carbonyl (C=O) groups is 3. The van der Waals surface area contributed by atoms with Crippen molar-refractivity contribution in [2.75, 3.05) is 26.2 Å². The van der Waals surface area contributed by atoms with Crippen molar-refractivity contribution in [3.8, 4) is 0 Å².